The van der Waals surface area contributed by atoms with Crippen molar-refractivity contribution >= 4 is 5.97 Å². The molecule has 132 valence electrons. The second-order valence-electron chi connectivity index (χ2n) is 7.38. The molecular formula is C18H30O5. The van der Waals surface area contributed by atoms with E-state index >= 15 is 0 Å². The van der Waals surface area contributed by atoms with Crippen LogP contribution in [0.3, 0.4) is 0 Å². The van der Waals surface area contributed by atoms with Gasteiger partial charge in [-0.15, -0.1) is 6.58 Å². The Balaban J connectivity index is 1.71. The largest absolute Gasteiger partial charge is 0.481 e. The molecule has 0 amide bonds. The van der Waals surface area contributed by atoms with Gasteiger partial charge in [0, 0.05) is 12.3 Å². The van der Waals surface area contributed by atoms with Crippen LogP contribution in [0.2, 0.25) is 0 Å². The van der Waals surface area contributed by atoms with Gasteiger partial charge in [-0.3, -0.25) is 4.79 Å². The first kappa shape index (κ1) is 18.4. The van der Waals surface area contributed by atoms with E-state index in [2.05, 4.69) is 6.58 Å². The van der Waals surface area contributed by atoms with Crippen LogP contribution in [-0.4, -0.2) is 28.1 Å². The summed E-state index contributed by atoms with van der Waals surface area (Å²) in [5, 5.41) is 19.4. The Bertz CT molecular complexity index is 398. The third-order valence-electron chi connectivity index (χ3n) is 5.41. The van der Waals surface area contributed by atoms with Crippen LogP contribution in [0.4, 0.5) is 0 Å². The van der Waals surface area contributed by atoms with Gasteiger partial charge >= 0.3 is 5.97 Å². The zero-order chi connectivity index (χ0) is 16.9. The zero-order valence-corrected chi connectivity index (χ0v) is 14.1. The molecule has 0 aromatic carbocycles. The minimum Gasteiger partial charge on any atom is -0.481 e. The van der Waals surface area contributed by atoms with Gasteiger partial charge in [-0.2, -0.15) is 0 Å². The van der Waals surface area contributed by atoms with Gasteiger partial charge < -0.3 is 10.2 Å². The Morgan fingerprint density at radius 3 is 2.48 bits per heavy atom. The molecule has 2 unspecified atom stereocenters. The van der Waals surface area contributed by atoms with E-state index in [-0.39, 0.29) is 24.4 Å². The summed E-state index contributed by atoms with van der Waals surface area (Å²) in [7, 11) is 0. The van der Waals surface area contributed by atoms with Gasteiger partial charge in [-0.1, -0.05) is 6.08 Å². The van der Waals surface area contributed by atoms with Crippen LogP contribution in [0.1, 0.15) is 64.7 Å². The molecule has 0 heterocycles. The summed E-state index contributed by atoms with van der Waals surface area (Å²) in [5.74, 6) is -1.07. The Morgan fingerprint density at radius 2 is 1.87 bits per heavy atom. The van der Waals surface area contributed by atoms with Crippen molar-refractivity contribution in [2.75, 3.05) is 0 Å². The van der Waals surface area contributed by atoms with E-state index in [4.69, 9.17) is 14.9 Å². The lowest BCUT2D eigenvalue weighted by Crippen LogP contribution is -2.38. The number of allylic oxidation sites excluding steroid dienone is 1. The Morgan fingerprint density at radius 1 is 1.22 bits per heavy atom. The minimum absolute atomic E-state index is 0.0445. The van der Waals surface area contributed by atoms with Crippen LogP contribution in [0, 0.1) is 17.8 Å². The quantitative estimate of drug-likeness (QED) is 0.308. The molecule has 0 bridgehead atoms. The molecule has 2 N–H and O–H groups in total. The second-order valence-corrected chi connectivity index (χ2v) is 7.38. The van der Waals surface area contributed by atoms with Crippen molar-refractivity contribution in [3.8, 4) is 0 Å². The molecule has 0 aliphatic heterocycles. The molecule has 2 aliphatic carbocycles. The highest BCUT2D eigenvalue weighted by Gasteiger charge is 2.40. The SMILES string of the molecule is C=CCC1CCC([C@](C)(O)OOC2CCC(CC(=O)O)CC2)C1. The van der Waals surface area contributed by atoms with Crippen molar-refractivity contribution in [2.45, 2.75) is 76.6 Å². The van der Waals surface area contributed by atoms with E-state index in [9.17, 15) is 9.90 Å². The molecule has 2 fully saturated rings. The number of rotatable bonds is 8. The van der Waals surface area contributed by atoms with Gasteiger partial charge in [-0.25, -0.2) is 9.78 Å². The molecule has 0 radical (unpaired) electrons. The third kappa shape index (κ3) is 5.59. The summed E-state index contributed by atoms with van der Waals surface area (Å²) in [5.41, 5.74) is 0. The monoisotopic (exact) mass is 326 g/mol. The van der Waals surface area contributed by atoms with Gasteiger partial charge in [0.05, 0.1) is 6.10 Å². The first-order valence-corrected chi connectivity index (χ1v) is 8.80. The van der Waals surface area contributed by atoms with E-state index in [1.165, 1.54) is 0 Å². The van der Waals surface area contributed by atoms with E-state index < -0.39 is 11.8 Å². The van der Waals surface area contributed by atoms with Crippen LogP contribution in [0.15, 0.2) is 12.7 Å². The second kappa shape index (κ2) is 8.27. The average Bonchev–Trinajstić information content (AvgIpc) is 2.96. The molecule has 0 spiro atoms. The molecule has 0 aromatic rings. The number of aliphatic hydroxyl groups is 1. The fraction of sp³-hybridized carbons (Fsp3) is 0.833. The van der Waals surface area contributed by atoms with Crippen LogP contribution < -0.4 is 0 Å². The molecule has 2 saturated carbocycles. The molecular weight excluding hydrogens is 296 g/mol. The maximum atomic E-state index is 10.7. The fourth-order valence-corrected chi connectivity index (χ4v) is 3.92. The average molecular weight is 326 g/mol. The molecule has 0 aromatic heterocycles. The molecule has 2 aliphatic rings. The number of carboxylic acids is 1. The minimum atomic E-state index is -1.26. The number of hydrogen-bond acceptors (Lipinski definition) is 4. The van der Waals surface area contributed by atoms with Crippen molar-refractivity contribution in [3.63, 3.8) is 0 Å². The van der Waals surface area contributed by atoms with E-state index in [1.54, 1.807) is 6.92 Å². The number of hydrogen-bond donors (Lipinski definition) is 2. The van der Waals surface area contributed by atoms with Crippen LogP contribution in [0.5, 0.6) is 0 Å². The summed E-state index contributed by atoms with van der Waals surface area (Å²) in [6.45, 7) is 5.46. The summed E-state index contributed by atoms with van der Waals surface area (Å²) in [6, 6.07) is 0. The smallest absolute Gasteiger partial charge is 0.303 e. The van der Waals surface area contributed by atoms with Gasteiger partial charge in [0.25, 0.3) is 0 Å². The van der Waals surface area contributed by atoms with Crippen LogP contribution in [-0.2, 0) is 14.6 Å². The zero-order valence-electron chi connectivity index (χ0n) is 14.1. The number of aliphatic carboxylic acids is 1. The van der Waals surface area contributed by atoms with Crippen LogP contribution in [0.25, 0.3) is 0 Å². The van der Waals surface area contributed by atoms with Gasteiger partial charge in [0.1, 0.15) is 0 Å². The number of carbonyl (C=O) groups is 1. The standard InChI is InChI=1S/C18H30O5/c1-3-4-13-5-8-15(11-13)18(2,21)23-22-16-9-6-14(7-10-16)12-17(19)20/h3,13-16,21H,1,4-12H2,2H3,(H,19,20)/t13?,14?,15?,16?,18-/m1/s1. The summed E-state index contributed by atoms with van der Waals surface area (Å²) >= 11 is 0. The Kier molecular flexibility index (Phi) is 6.62. The van der Waals surface area contributed by atoms with Gasteiger partial charge in [0.15, 0.2) is 5.79 Å². The Labute approximate surface area is 138 Å². The van der Waals surface area contributed by atoms with E-state index in [0.29, 0.717) is 5.92 Å². The third-order valence-corrected chi connectivity index (χ3v) is 5.41. The first-order valence-electron chi connectivity index (χ1n) is 8.80. The highest BCUT2D eigenvalue weighted by molar-refractivity contribution is 5.67. The van der Waals surface area contributed by atoms with Crippen LogP contribution >= 0.6 is 0 Å². The maximum absolute atomic E-state index is 10.7. The topological polar surface area (TPSA) is 76.0 Å². The van der Waals surface area contributed by atoms with Crippen molar-refractivity contribution in [1.29, 1.82) is 0 Å². The van der Waals surface area contributed by atoms with Gasteiger partial charge in [-0.05, 0) is 70.1 Å². The summed E-state index contributed by atoms with van der Waals surface area (Å²) in [6.07, 6.45) is 9.35. The first-order chi connectivity index (χ1) is 10.9. The van der Waals surface area contributed by atoms with E-state index in [0.717, 1.165) is 51.4 Å². The van der Waals surface area contributed by atoms with Crippen molar-refractivity contribution < 1.29 is 24.8 Å². The molecule has 2 rings (SSSR count). The summed E-state index contributed by atoms with van der Waals surface area (Å²) < 4.78 is 0. The highest BCUT2D eigenvalue weighted by atomic mass is 17.2. The van der Waals surface area contributed by atoms with E-state index in [1.807, 2.05) is 6.08 Å². The lowest BCUT2D eigenvalue weighted by Gasteiger charge is -2.32. The van der Waals surface area contributed by atoms with Gasteiger partial charge in [0.2, 0.25) is 0 Å². The molecule has 0 saturated heterocycles. The lowest BCUT2D eigenvalue weighted by atomic mass is 9.85. The summed E-state index contributed by atoms with van der Waals surface area (Å²) in [4.78, 5) is 21.6. The van der Waals surface area contributed by atoms with Crippen molar-refractivity contribution in [2.24, 2.45) is 17.8 Å². The normalized spacial score (nSPS) is 34.0. The number of carboxylic acid groups (broad SMARTS) is 1. The molecule has 5 nitrogen and oxygen atoms in total. The molecule has 23 heavy (non-hydrogen) atoms. The molecule has 3 atom stereocenters. The maximum Gasteiger partial charge on any atom is 0.303 e. The van der Waals surface area contributed by atoms with Crippen molar-refractivity contribution in [1.82, 2.24) is 0 Å². The highest BCUT2D eigenvalue weighted by Crippen LogP contribution is 2.40. The lowest BCUT2D eigenvalue weighted by molar-refractivity contribution is -0.446. The predicted molar refractivity (Wildman–Crippen MR) is 86.4 cm³/mol. The van der Waals surface area contributed by atoms with Crippen molar-refractivity contribution in [3.05, 3.63) is 12.7 Å². The fourth-order valence-electron chi connectivity index (χ4n) is 3.92. The Hall–Kier alpha value is -0.910. The predicted octanol–water partition coefficient (Wildman–Crippen LogP) is 3.67. The molecule has 5 heteroatoms.